The van der Waals surface area contributed by atoms with E-state index in [0.717, 1.165) is 5.56 Å². The van der Waals surface area contributed by atoms with Crippen LogP contribution in [0.3, 0.4) is 0 Å². The number of amides is 1. The zero-order valence-corrected chi connectivity index (χ0v) is 13.2. The Bertz CT molecular complexity index is 744. The molecule has 1 amide bonds. The van der Waals surface area contributed by atoms with Crippen LogP contribution in [0, 0.1) is 17.0 Å². The number of hydrogen-bond acceptors (Lipinski definition) is 5. The van der Waals surface area contributed by atoms with Crippen molar-refractivity contribution in [1.82, 2.24) is 4.98 Å². The smallest absolute Gasteiger partial charge is 0.293 e. The van der Waals surface area contributed by atoms with Gasteiger partial charge in [0.1, 0.15) is 11.5 Å². The number of nitro groups is 1. The van der Waals surface area contributed by atoms with E-state index in [1.165, 1.54) is 6.07 Å². The predicted octanol–water partition coefficient (Wildman–Crippen LogP) is 3.37. The van der Waals surface area contributed by atoms with Crippen molar-refractivity contribution in [2.45, 2.75) is 26.8 Å². The summed E-state index contributed by atoms with van der Waals surface area (Å²) in [5.74, 6) is -0.00414. The van der Waals surface area contributed by atoms with Crippen LogP contribution in [0.5, 0.6) is 0 Å². The Morgan fingerprint density at radius 1 is 1.30 bits per heavy atom. The largest absolute Gasteiger partial charge is 0.377 e. The Labute approximate surface area is 133 Å². The summed E-state index contributed by atoms with van der Waals surface area (Å²) in [5.41, 5.74) is 1.27. The first-order valence-electron chi connectivity index (χ1n) is 7.16. The van der Waals surface area contributed by atoms with Crippen molar-refractivity contribution in [3.63, 3.8) is 0 Å². The maximum absolute atomic E-state index is 12.3. The van der Waals surface area contributed by atoms with E-state index in [-0.39, 0.29) is 17.3 Å². The Kier molecular flexibility index (Phi) is 4.90. The topological polar surface area (TPSA) is 97.2 Å². The van der Waals surface area contributed by atoms with Crippen LogP contribution in [-0.2, 0) is 0 Å². The number of aromatic nitrogens is 1. The Balaban J connectivity index is 2.29. The maximum Gasteiger partial charge on any atom is 0.293 e. The summed E-state index contributed by atoms with van der Waals surface area (Å²) < 4.78 is 0. The Hall–Kier alpha value is -2.96. The van der Waals surface area contributed by atoms with E-state index >= 15 is 0 Å². The lowest BCUT2D eigenvalue weighted by Gasteiger charge is -2.11. The average Bonchev–Trinajstić information content (AvgIpc) is 2.49. The molecule has 0 atom stereocenters. The number of hydrogen-bond donors (Lipinski definition) is 2. The number of carbonyl (C=O) groups excluding carboxylic acids is 1. The van der Waals surface area contributed by atoms with Crippen molar-refractivity contribution >= 4 is 23.1 Å². The zero-order valence-electron chi connectivity index (χ0n) is 13.2. The number of nitro benzene ring substituents is 1. The summed E-state index contributed by atoms with van der Waals surface area (Å²) >= 11 is 0. The van der Waals surface area contributed by atoms with Crippen LogP contribution >= 0.6 is 0 Å². The van der Waals surface area contributed by atoms with E-state index in [2.05, 4.69) is 15.6 Å². The first-order valence-corrected chi connectivity index (χ1v) is 7.16. The van der Waals surface area contributed by atoms with Gasteiger partial charge in [0, 0.05) is 23.9 Å². The van der Waals surface area contributed by atoms with Crippen molar-refractivity contribution < 1.29 is 9.72 Å². The fraction of sp³-hybridized carbons (Fsp3) is 0.250. The lowest BCUT2D eigenvalue weighted by molar-refractivity contribution is -0.384. The number of carbonyl (C=O) groups is 1. The standard InChI is InChI=1S/C16H18N4O3/c1-10(2)18-13-7-6-12(9-14(13)20(22)23)16(21)19-15-11(3)5-4-8-17-15/h4-10,18H,1-3H3,(H,17,19,21). The highest BCUT2D eigenvalue weighted by atomic mass is 16.6. The molecular weight excluding hydrogens is 296 g/mol. The fourth-order valence-electron chi connectivity index (χ4n) is 2.05. The molecule has 2 aromatic rings. The van der Waals surface area contributed by atoms with Crippen LogP contribution in [0.2, 0.25) is 0 Å². The lowest BCUT2D eigenvalue weighted by atomic mass is 10.1. The summed E-state index contributed by atoms with van der Waals surface area (Å²) in [6, 6.07) is 7.98. The van der Waals surface area contributed by atoms with Gasteiger partial charge in [-0.05, 0) is 44.5 Å². The first-order chi connectivity index (χ1) is 10.9. The van der Waals surface area contributed by atoms with E-state index in [1.54, 1.807) is 24.4 Å². The van der Waals surface area contributed by atoms with Gasteiger partial charge >= 0.3 is 0 Å². The van der Waals surface area contributed by atoms with E-state index in [1.807, 2.05) is 26.8 Å². The summed E-state index contributed by atoms with van der Waals surface area (Å²) in [6.45, 7) is 5.59. The second kappa shape index (κ2) is 6.87. The summed E-state index contributed by atoms with van der Waals surface area (Å²) in [7, 11) is 0. The van der Waals surface area contributed by atoms with Gasteiger partial charge in [0.2, 0.25) is 0 Å². The van der Waals surface area contributed by atoms with Gasteiger partial charge in [0.05, 0.1) is 4.92 Å². The first kappa shape index (κ1) is 16.4. The molecule has 1 aromatic carbocycles. The molecule has 0 aliphatic rings. The number of nitrogens with zero attached hydrogens (tertiary/aromatic N) is 2. The molecule has 23 heavy (non-hydrogen) atoms. The molecule has 1 heterocycles. The Morgan fingerprint density at radius 3 is 2.65 bits per heavy atom. The van der Waals surface area contributed by atoms with Crippen molar-refractivity contribution in [2.24, 2.45) is 0 Å². The van der Waals surface area contributed by atoms with Crippen LogP contribution in [0.4, 0.5) is 17.2 Å². The molecule has 0 spiro atoms. The van der Waals surface area contributed by atoms with Gasteiger partial charge in [-0.3, -0.25) is 14.9 Å². The molecule has 0 aliphatic heterocycles. The molecule has 2 rings (SSSR count). The van der Waals surface area contributed by atoms with Crippen LogP contribution in [-0.4, -0.2) is 21.9 Å². The molecule has 7 nitrogen and oxygen atoms in total. The predicted molar refractivity (Wildman–Crippen MR) is 88.8 cm³/mol. The van der Waals surface area contributed by atoms with Gasteiger partial charge in [-0.1, -0.05) is 6.07 Å². The highest BCUT2D eigenvalue weighted by molar-refractivity contribution is 6.04. The van der Waals surface area contributed by atoms with Gasteiger partial charge in [0.15, 0.2) is 0 Å². The molecular formula is C16H18N4O3. The molecule has 0 saturated carbocycles. The average molecular weight is 314 g/mol. The minimum Gasteiger partial charge on any atom is -0.377 e. The van der Waals surface area contributed by atoms with E-state index < -0.39 is 10.8 Å². The Morgan fingerprint density at radius 2 is 2.04 bits per heavy atom. The number of benzene rings is 1. The van der Waals surface area contributed by atoms with E-state index in [4.69, 9.17) is 0 Å². The SMILES string of the molecule is Cc1cccnc1NC(=O)c1ccc(NC(C)C)c([N+](=O)[O-])c1. The second-order valence-electron chi connectivity index (χ2n) is 5.41. The van der Waals surface area contributed by atoms with Crippen molar-refractivity contribution in [1.29, 1.82) is 0 Å². The third-order valence-corrected chi connectivity index (χ3v) is 3.14. The van der Waals surface area contributed by atoms with Crippen molar-refractivity contribution in [2.75, 3.05) is 10.6 Å². The highest BCUT2D eigenvalue weighted by Crippen LogP contribution is 2.26. The van der Waals surface area contributed by atoms with Gasteiger partial charge in [-0.15, -0.1) is 0 Å². The van der Waals surface area contributed by atoms with Crippen LogP contribution in [0.1, 0.15) is 29.8 Å². The van der Waals surface area contributed by atoms with Crippen LogP contribution in [0.15, 0.2) is 36.5 Å². The number of pyridine rings is 1. The summed E-state index contributed by atoms with van der Waals surface area (Å²) in [5, 5.41) is 16.9. The summed E-state index contributed by atoms with van der Waals surface area (Å²) in [6.07, 6.45) is 1.57. The molecule has 120 valence electrons. The molecule has 1 aromatic heterocycles. The molecule has 0 saturated heterocycles. The number of anilines is 2. The number of aryl methyl sites for hydroxylation is 1. The quantitative estimate of drug-likeness (QED) is 0.651. The maximum atomic E-state index is 12.3. The molecule has 7 heteroatoms. The highest BCUT2D eigenvalue weighted by Gasteiger charge is 2.18. The van der Waals surface area contributed by atoms with Gasteiger partial charge in [0.25, 0.3) is 11.6 Å². The normalized spacial score (nSPS) is 10.4. The van der Waals surface area contributed by atoms with Crippen molar-refractivity contribution in [3.05, 3.63) is 57.8 Å². The molecule has 2 N–H and O–H groups in total. The van der Waals surface area contributed by atoms with E-state index in [9.17, 15) is 14.9 Å². The number of rotatable bonds is 5. The third-order valence-electron chi connectivity index (χ3n) is 3.14. The zero-order chi connectivity index (χ0) is 17.0. The van der Waals surface area contributed by atoms with Gasteiger partial charge < -0.3 is 10.6 Å². The summed E-state index contributed by atoms with van der Waals surface area (Å²) in [4.78, 5) is 27.1. The molecule has 0 aliphatic carbocycles. The molecule has 0 bridgehead atoms. The molecule has 0 fully saturated rings. The minimum atomic E-state index is -0.506. The van der Waals surface area contributed by atoms with Gasteiger partial charge in [-0.2, -0.15) is 0 Å². The lowest BCUT2D eigenvalue weighted by Crippen LogP contribution is -2.15. The molecule has 0 unspecified atom stereocenters. The van der Waals surface area contributed by atoms with Crippen LogP contribution in [0.25, 0.3) is 0 Å². The van der Waals surface area contributed by atoms with E-state index in [0.29, 0.717) is 11.5 Å². The van der Waals surface area contributed by atoms with Crippen molar-refractivity contribution in [3.8, 4) is 0 Å². The third kappa shape index (κ3) is 4.03. The second-order valence-corrected chi connectivity index (χ2v) is 5.41. The number of nitrogens with one attached hydrogen (secondary N) is 2. The monoisotopic (exact) mass is 314 g/mol. The molecule has 0 radical (unpaired) electrons. The minimum absolute atomic E-state index is 0.0459. The fourth-order valence-corrected chi connectivity index (χ4v) is 2.05. The van der Waals surface area contributed by atoms with Crippen LogP contribution < -0.4 is 10.6 Å². The van der Waals surface area contributed by atoms with Gasteiger partial charge in [-0.25, -0.2) is 4.98 Å².